The van der Waals surface area contributed by atoms with E-state index >= 15 is 0 Å². The first kappa shape index (κ1) is 17.1. The minimum absolute atomic E-state index is 0.00519. The maximum atomic E-state index is 12.7. The number of carbonyl (C=O) groups excluding carboxylic acids is 1. The van der Waals surface area contributed by atoms with Crippen molar-refractivity contribution >= 4 is 11.6 Å². The number of nitrogens with one attached hydrogen (secondary N) is 1. The first-order valence-corrected chi connectivity index (χ1v) is 7.78. The average Bonchev–Trinajstić information content (AvgIpc) is 2.62. The SMILES string of the molecule is O=C(c1cnccn1)N1CCC(Nc2ccnc(C(F)(F)F)c2)CC1. The monoisotopic (exact) mass is 351 g/mol. The van der Waals surface area contributed by atoms with Crippen LogP contribution < -0.4 is 5.32 Å². The molecule has 1 amide bonds. The van der Waals surface area contributed by atoms with Crippen molar-refractivity contribution in [2.75, 3.05) is 18.4 Å². The minimum atomic E-state index is -4.47. The second kappa shape index (κ2) is 7.04. The zero-order chi connectivity index (χ0) is 17.9. The Morgan fingerprint density at radius 2 is 1.92 bits per heavy atom. The Kier molecular flexibility index (Phi) is 4.82. The molecular formula is C16H16F3N5O. The molecule has 1 N–H and O–H groups in total. The Balaban J connectivity index is 1.57. The molecule has 0 radical (unpaired) electrons. The van der Waals surface area contributed by atoms with Crippen molar-refractivity contribution in [1.82, 2.24) is 19.9 Å². The summed E-state index contributed by atoms with van der Waals surface area (Å²) in [6, 6.07) is 2.50. The molecule has 0 atom stereocenters. The predicted octanol–water partition coefficient (Wildman–Crippen LogP) is 2.61. The van der Waals surface area contributed by atoms with Gasteiger partial charge in [-0.25, -0.2) is 4.98 Å². The molecule has 0 aromatic carbocycles. The van der Waals surface area contributed by atoms with Crippen molar-refractivity contribution in [3.05, 3.63) is 48.3 Å². The van der Waals surface area contributed by atoms with E-state index in [2.05, 4.69) is 20.3 Å². The molecule has 0 unspecified atom stereocenters. The fourth-order valence-corrected chi connectivity index (χ4v) is 2.71. The van der Waals surface area contributed by atoms with Crippen LogP contribution in [0.15, 0.2) is 36.9 Å². The Morgan fingerprint density at radius 1 is 1.16 bits per heavy atom. The third-order valence-electron chi connectivity index (χ3n) is 3.99. The highest BCUT2D eigenvalue weighted by atomic mass is 19.4. The van der Waals surface area contributed by atoms with Crippen LogP contribution in [0.3, 0.4) is 0 Å². The second-order valence-electron chi connectivity index (χ2n) is 5.73. The van der Waals surface area contributed by atoms with E-state index < -0.39 is 11.9 Å². The number of aromatic nitrogens is 3. The summed E-state index contributed by atoms with van der Waals surface area (Å²) in [6.07, 6.45) is 2.32. The fourth-order valence-electron chi connectivity index (χ4n) is 2.71. The molecule has 0 bridgehead atoms. The lowest BCUT2D eigenvalue weighted by atomic mass is 10.0. The molecule has 3 heterocycles. The highest BCUT2D eigenvalue weighted by molar-refractivity contribution is 5.92. The van der Waals surface area contributed by atoms with Gasteiger partial charge >= 0.3 is 6.18 Å². The number of alkyl halides is 3. The molecular weight excluding hydrogens is 335 g/mol. The van der Waals surface area contributed by atoms with Gasteiger partial charge in [-0.1, -0.05) is 0 Å². The van der Waals surface area contributed by atoms with Crippen LogP contribution in [0.4, 0.5) is 18.9 Å². The number of pyridine rings is 1. The van der Waals surface area contributed by atoms with Gasteiger partial charge in [-0.15, -0.1) is 0 Å². The molecule has 1 fully saturated rings. The van der Waals surface area contributed by atoms with Crippen LogP contribution >= 0.6 is 0 Å². The van der Waals surface area contributed by atoms with Crippen molar-refractivity contribution in [2.24, 2.45) is 0 Å². The van der Waals surface area contributed by atoms with Gasteiger partial charge in [-0.3, -0.25) is 14.8 Å². The van der Waals surface area contributed by atoms with Crippen molar-refractivity contribution < 1.29 is 18.0 Å². The number of carbonyl (C=O) groups is 1. The van der Waals surface area contributed by atoms with Gasteiger partial charge in [0.2, 0.25) is 0 Å². The van der Waals surface area contributed by atoms with E-state index in [9.17, 15) is 18.0 Å². The molecule has 1 aliphatic rings. The highest BCUT2D eigenvalue weighted by Gasteiger charge is 2.32. The standard InChI is InChI=1S/C16H16F3N5O/c17-16(18,19)14-9-12(1-4-22-14)23-11-2-7-24(8-3-11)15(25)13-10-20-5-6-21-13/h1,4-6,9-11H,2-3,7-8H2,(H,22,23). The van der Waals surface area contributed by atoms with Crippen LogP contribution in [-0.2, 0) is 6.18 Å². The fraction of sp³-hybridized carbons (Fsp3) is 0.375. The lowest BCUT2D eigenvalue weighted by Gasteiger charge is -2.32. The Bertz CT molecular complexity index is 730. The van der Waals surface area contributed by atoms with Crippen LogP contribution in [0.25, 0.3) is 0 Å². The molecule has 0 saturated carbocycles. The van der Waals surface area contributed by atoms with Gasteiger partial charge in [-0.2, -0.15) is 13.2 Å². The molecule has 1 saturated heterocycles. The first-order valence-electron chi connectivity index (χ1n) is 7.78. The van der Waals surface area contributed by atoms with Gasteiger partial charge in [0, 0.05) is 43.4 Å². The number of anilines is 1. The lowest BCUT2D eigenvalue weighted by molar-refractivity contribution is -0.141. The molecule has 9 heteroatoms. The third kappa shape index (κ3) is 4.23. The van der Waals surface area contributed by atoms with Gasteiger partial charge in [0.15, 0.2) is 0 Å². The van der Waals surface area contributed by atoms with E-state index in [-0.39, 0.29) is 17.6 Å². The number of rotatable bonds is 3. The summed E-state index contributed by atoms with van der Waals surface area (Å²) < 4.78 is 38.1. The van der Waals surface area contributed by atoms with Crippen LogP contribution in [0, 0.1) is 0 Å². The largest absolute Gasteiger partial charge is 0.433 e. The molecule has 6 nitrogen and oxygen atoms in total. The van der Waals surface area contributed by atoms with Crippen LogP contribution in [0.1, 0.15) is 29.0 Å². The zero-order valence-corrected chi connectivity index (χ0v) is 13.2. The average molecular weight is 351 g/mol. The number of likely N-dealkylation sites (tertiary alicyclic amines) is 1. The van der Waals surface area contributed by atoms with Crippen LogP contribution in [0.2, 0.25) is 0 Å². The van der Waals surface area contributed by atoms with Crippen molar-refractivity contribution in [1.29, 1.82) is 0 Å². The number of amides is 1. The summed E-state index contributed by atoms with van der Waals surface area (Å²) in [5.41, 5.74) is -0.258. The van der Waals surface area contributed by atoms with Crippen LogP contribution in [-0.4, -0.2) is 44.9 Å². The van der Waals surface area contributed by atoms with Gasteiger partial charge in [-0.05, 0) is 25.0 Å². The predicted molar refractivity (Wildman–Crippen MR) is 83.8 cm³/mol. The van der Waals surface area contributed by atoms with E-state index in [0.29, 0.717) is 31.6 Å². The van der Waals surface area contributed by atoms with Gasteiger partial charge in [0.1, 0.15) is 11.4 Å². The number of nitrogens with zero attached hydrogens (tertiary/aromatic N) is 4. The van der Waals surface area contributed by atoms with E-state index in [0.717, 1.165) is 12.3 Å². The second-order valence-corrected chi connectivity index (χ2v) is 5.73. The van der Waals surface area contributed by atoms with Gasteiger partial charge < -0.3 is 10.2 Å². The van der Waals surface area contributed by atoms with Gasteiger partial charge in [0.05, 0.1) is 6.20 Å². The maximum absolute atomic E-state index is 12.7. The summed E-state index contributed by atoms with van der Waals surface area (Å²) in [6.45, 7) is 1.01. The molecule has 132 valence electrons. The molecule has 3 rings (SSSR count). The Labute approximate surface area is 142 Å². The normalized spacial score (nSPS) is 15.9. The van der Waals surface area contributed by atoms with Gasteiger partial charge in [0.25, 0.3) is 5.91 Å². The minimum Gasteiger partial charge on any atom is -0.382 e. The van der Waals surface area contributed by atoms with Crippen molar-refractivity contribution in [3.63, 3.8) is 0 Å². The molecule has 2 aromatic rings. The number of halogens is 3. The summed E-state index contributed by atoms with van der Waals surface area (Å²) in [5.74, 6) is -0.185. The number of piperidine rings is 1. The summed E-state index contributed by atoms with van der Waals surface area (Å²) >= 11 is 0. The first-order chi connectivity index (χ1) is 11.9. The highest BCUT2D eigenvalue weighted by Crippen LogP contribution is 2.29. The van der Waals surface area contributed by atoms with E-state index in [1.807, 2.05) is 0 Å². The number of hydrogen-bond donors (Lipinski definition) is 1. The summed E-state index contributed by atoms with van der Waals surface area (Å²) in [4.78, 5) is 25.2. The Hall–Kier alpha value is -2.71. The summed E-state index contributed by atoms with van der Waals surface area (Å²) in [7, 11) is 0. The van der Waals surface area contributed by atoms with E-state index in [1.54, 1.807) is 4.90 Å². The molecule has 0 aliphatic carbocycles. The molecule has 0 spiro atoms. The molecule has 2 aromatic heterocycles. The number of hydrogen-bond acceptors (Lipinski definition) is 5. The van der Waals surface area contributed by atoms with E-state index in [1.165, 1.54) is 24.7 Å². The summed E-state index contributed by atoms with van der Waals surface area (Å²) in [5, 5.41) is 3.09. The topological polar surface area (TPSA) is 71.0 Å². The smallest absolute Gasteiger partial charge is 0.382 e. The maximum Gasteiger partial charge on any atom is 0.433 e. The van der Waals surface area contributed by atoms with E-state index in [4.69, 9.17) is 0 Å². The Morgan fingerprint density at radius 3 is 2.56 bits per heavy atom. The molecule has 1 aliphatic heterocycles. The van der Waals surface area contributed by atoms with Crippen molar-refractivity contribution in [2.45, 2.75) is 25.1 Å². The molecule has 25 heavy (non-hydrogen) atoms. The zero-order valence-electron chi connectivity index (χ0n) is 13.2. The third-order valence-corrected chi connectivity index (χ3v) is 3.99. The lowest BCUT2D eigenvalue weighted by Crippen LogP contribution is -2.42. The van der Waals surface area contributed by atoms with Crippen LogP contribution in [0.5, 0.6) is 0 Å². The quantitative estimate of drug-likeness (QED) is 0.920. The van der Waals surface area contributed by atoms with Crippen molar-refractivity contribution in [3.8, 4) is 0 Å².